The van der Waals surface area contributed by atoms with Crippen LogP contribution < -0.4 is 10.6 Å². The van der Waals surface area contributed by atoms with Crippen molar-refractivity contribution in [3.8, 4) is 0 Å². The van der Waals surface area contributed by atoms with Crippen LogP contribution in [0.1, 0.15) is 12.5 Å². The van der Waals surface area contributed by atoms with Crippen LogP contribution in [0, 0.1) is 0 Å². The molecule has 1 aromatic heterocycles. The van der Waals surface area contributed by atoms with Gasteiger partial charge in [0.2, 0.25) is 11.8 Å². The summed E-state index contributed by atoms with van der Waals surface area (Å²) in [7, 11) is 0. The van der Waals surface area contributed by atoms with E-state index in [2.05, 4.69) is 15.6 Å². The van der Waals surface area contributed by atoms with Crippen molar-refractivity contribution >= 4 is 28.4 Å². The second kappa shape index (κ2) is 7.00. The lowest BCUT2D eigenvalue weighted by Crippen LogP contribution is -2.44. The summed E-state index contributed by atoms with van der Waals surface area (Å²) in [4.78, 5) is 27.3. The highest BCUT2D eigenvalue weighted by Crippen LogP contribution is 2.19. The van der Waals surface area contributed by atoms with Crippen molar-refractivity contribution in [3.05, 3.63) is 66.4 Å². The number of nitrogens with one attached hydrogen (secondary N) is 3. The van der Waals surface area contributed by atoms with Gasteiger partial charge >= 0.3 is 0 Å². The highest BCUT2D eigenvalue weighted by Gasteiger charge is 2.21. The monoisotopic (exact) mass is 321 g/mol. The van der Waals surface area contributed by atoms with E-state index in [4.69, 9.17) is 0 Å². The number of carbonyl (C=O) groups excluding carboxylic acids is 2. The lowest BCUT2D eigenvalue weighted by Gasteiger charge is -2.17. The molecule has 0 saturated carbocycles. The van der Waals surface area contributed by atoms with E-state index in [0.717, 1.165) is 16.5 Å². The molecule has 0 unspecified atom stereocenters. The largest absolute Gasteiger partial charge is 0.361 e. The van der Waals surface area contributed by atoms with Gasteiger partial charge in [0.25, 0.3) is 0 Å². The van der Waals surface area contributed by atoms with Gasteiger partial charge in [-0.25, -0.2) is 0 Å². The predicted octanol–water partition coefficient (Wildman–Crippen LogP) is 2.85. The Morgan fingerprint density at radius 3 is 2.50 bits per heavy atom. The maximum Gasteiger partial charge on any atom is 0.247 e. The molecule has 3 rings (SSSR count). The Morgan fingerprint density at radius 1 is 1.04 bits per heavy atom. The van der Waals surface area contributed by atoms with Crippen LogP contribution >= 0.6 is 0 Å². The average molecular weight is 321 g/mol. The maximum absolute atomic E-state index is 12.6. The summed E-state index contributed by atoms with van der Waals surface area (Å²) in [5, 5.41) is 6.64. The van der Waals surface area contributed by atoms with E-state index in [9.17, 15) is 9.59 Å². The van der Waals surface area contributed by atoms with Crippen LogP contribution in [0.3, 0.4) is 0 Å². The van der Waals surface area contributed by atoms with E-state index in [0.29, 0.717) is 12.1 Å². The number of aromatic nitrogens is 1. The smallest absolute Gasteiger partial charge is 0.247 e. The summed E-state index contributed by atoms with van der Waals surface area (Å²) in [5.74, 6) is -0.468. The molecule has 0 aliphatic heterocycles. The molecule has 0 aliphatic carbocycles. The molecule has 122 valence electrons. The third-order valence-electron chi connectivity index (χ3n) is 3.83. The second-order valence-electron chi connectivity index (χ2n) is 5.67. The number of benzene rings is 2. The fourth-order valence-corrected chi connectivity index (χ4v) is 2.73. The molecule has 0 radical (unpaired) electrons. The summed E-state index contributed by atoms with van der Waals surface area (Å²) in [6, 6.07) is 16.5. The number of anilines is 1. The molecular weight excluding hydrogens is 302 g/mol. The third-order valence-corrected chi connectivity index (χ3v) is 3.83. The van der Waals surface area contributed by atoms with Gasteiger partial charge in [-0.3, -0.25) is 9.59 Å². The minimum atomic E-state index is -0.637. The summed E-state index contributed by atoms with van der Waals surface area (Å²) < 4.78 is 0. The van der Waals surface area contributed by atoms with Gasteiger partial charge in [-0.05, 0) is 23.8 Å². The van der Waals surface area contributed by atoms with Gasteiger partial charge < -0.3 is 15.6 Å². The average Bonchev–Trinajstić information content (AvgIpc) is 2.98. The Hall–Kier alpha value is -3.08. The standard InChI is InChI=1S/C19H19N3O2/c1-13(23)21-18(19(24)22-15-7-3-2-4-8-15)11-14-12-20-17-10-6-5-9-16(14)17/h2-10,12,18,20H,11H2,1H3,(H,21,23)(H,22,24)/t18-/m0/s1. The van der Waals surface area contributed by atoms with Gasteiger partial charge in [-0.15, -0.1) is 0 Å². The van der Waals surface area contributed by atoms with Gasteiger partial charge in [0.15, 0.2) is 0 Å². The van der Waals surface area contributed by atoms with Crippen molar-refractivity contribution in [2.75, 3.05) is 5.32 Å². The molecule has 0 fully saturated rings. The Morgan fingerprint density at radius 2 is 1.75 bits per heavy atom. The van der Waals surface area contributed by atoms with Gasteiger partial charge in [-0.2, -0.15) is 0 Å². The number of rotatable bonds is 5. The molecule has 1 atom stereocenters. The van der Waals surface area contributed by atoms with Crippen molar-refractivity contribution in [1.29, 1.82) is 0 Å². The highest BCUT2D eigenvalue weighted by atomic mass is 16.2. The number of hydrogen-bond acceptors (Lipinski definition) is 2. The Labute approximate surface area is 140 Å². The molecule has 1 heterocycles. The normalized spacial score (nSPS) is 11.9. The molecule has 0 bridgehead atoms. The van der Waals surface area contributed by atoms with Crippen molar-refractivity contribution in [3.63, 3.8) is 0 Å². The summed E-state index contributed by atoms with van der Waals surface area (Å²) in [6.07, 6.45) is 2.30. The quantitative estimate of drug-likeness (QED) is 0.676. The summed E-state index contributed by atoms with van der Waals surface area (Å²) >= 11 is 0. The molecule has 3 aromatic rings. The van der Waals surface area contributed by atoms with Crippen molar-refractivity contribution in [2.24, 2.45) is 0 Å². The zero-order valence-corrected chi connectivity index (χ0v) is 13.4. The number of carbonyl (C=O) groups is 2. The molecule has 0 saturated heterocycles. The maximum atomic E-state index is 12.6. The van der Waals surface area contributed by atoms with Crippen molar-refractivity contribution in [2.45, 2.75) is 19.4 Å². The fraction of sp³-hybridized carbons (Fsp3) is 0.158. The minimum Gasteiger partial charge on any atom is -0.361 e. The SMILES string of the molecule is CC(=O)N[C@@H](Cc1c[nH]c2ccccc12)C(=O)Nc1ccccc1. The number of amides is 2. The first-order valence-electron chi connectivity index (χ1n) is 7.81. The molecule has 0 aliphatic rings. The predicted molar refractivity (Wildman–Crippen MR) is 94.7 cm³/mol. The topological polar surface area (TPSA) is 74.0 Å². The first-order chi connectivity index (χ1) is 11.6. The lowest BCUT2D eigenvalue weighted by molar-refractivity contribution is -0.125. The molecular formula is C19H19N3O2. The van der Waals surface area contributed by atoms with Crippen LogP contribution in [0.5, 0.6) is 0 Å². The highest BCUT2D eigenvalue weighted by molar-refractivity contribution is 5.97. The Kier molecular flexibility index (Phi) is 4.61. The molecule has 2 aromatic carbocycles. The van der Waals surface area contributed by atoms with Crippen molar-refractivity contribution in [1.82, 2.24) is 10.3 Å². The molecule has 3 N–H and O–H groups in total. The summed E-state index contributed by atoms with van der Waals surface area (Å²) in [5.41, 5.74) is 2.71. The van der Waals surface area contributed by atoms with Gasteiger partial charge in [-0.1, -0.05) is 36.4 Å². The molecule has 0 spiro atoms. The molecule has 24 heavy (non-hydrogen) atoms. The first-order valence-corrected chi connectivity index (χ1v) is 7.81. The minimum absolute atomic E-state index is 0.233. The summed E-state index contributed by atoms with van der Waals surface area (Å²) in [6.45, 7) is 1.41. The zero-order chi connectivity index (χ0) is 16.9. The Balaban J connectivity index is 1.81. The van der Waals surface area contributed by atoms with E-state index in [1.807, 2.05) is 60.8 Å². The van der Waals surface area contributed by atoms with Gasteiger partial charge in [0.05, 0.1) is 0 Å². The lowest BCUT2D eigenvalue weighted by atomic mass is 10.0. The van der Waals surface area contributed by atoms with E-state index in [1.54, 1.807) is 0 Å². The fourth-order valence-electron chi connectivity index (χ4n) is 2.73. The van der Waals surface area contributed by atoms with Crippen LogP contribution in [0.15, 0.2) is 60.8 Å². The Bertz CT molecular complexity index is 855. The van der Waals surface area contributed by atoms with Gasteiger partial charge in [0, 0.05) is 36.1 Å². The third kappa shape index (κ3) is 3.63. The van der Waals surface area contributed by atoms with Crippen LogP contribution in [0.2, 0.25) is 0 Å². The van der Waals surface area contributed by atoms with E-state index >= 15 is 0 Å². The molecule has 5 nitrogen and oxygen atoms in total. The zero-order valence-electron chi connectivity index (χ0n) is 13.4. The number of aromatic amines is 1. The number of fused-ring (bicyclic) bond motifs is 1. The van der Waals surface area contributed by atoms with Crippen LogP contribution in [0.4, 0.5) is 5.69 Å². The van der Waals surface area contributed by atoms with Crippen LogP contribution in [0.25, 0.3) is 10.9 Å². The van der Waals surface area contributed by atoms with E-state index < -0.39 is 6.04 Å². The number of hydrogen-bond donors (Lipinski definition) is 3. The van der Waals surface area contributed by atoms with Crippen LogP contribution in [-0.4, -0.2) is 22.8 Å². The molecule has 5 heteroatoms. The molecule has 2 amide bonds. The van der Waals surface area contributed by atoms with E-state index in [-0.39, 0.29) is 11.8 Å². The number of H-pyrrole nitrogens is 1. The van der Waals surface area contributed by atoms with Crippen LogP contribution in [-0.2, 0) is 16.0 Å². The number of para-hydroxylation sites is 2. The van der Waals surface area contributed by atoms with E-state index in [1.165, 1.54) is 6.92 Å². The van der Waals surface area contributed by atoms with Crippen molar-refractivity contribution < 1.29 is 9.59 Å². The second-order valence-corrected chi connectivity index (χ2v) is 5.67. The first kappa shape index (κ1) is 15.8. The van der Waals surface area contributed by atoms with Gasteiger partial charge in [0.1, 0.15) is 6.04 Å².